The number of rotatable bonds is 6. The van der Waals surface area contributed by atoms with Crippen LogP contribution in [0.15, 0.2) is 0 Å². The molecular formula is C13H26N2O. The number of hydrogen-bond donors (Lipinski definition) is 2. The molecule has 0 aliphatic carbocycles. The van der Waals surface area contributed by atoms with Gasteiger partial charge in [0.1, 0.15) is 0 Å². The summed E-state index contributed by atoms with van der Waals surface area (Å²) in [6, 6.07) is 0.354. The fourth-order valence-electron chi connectivity index (χ4n) is 2.50. The summed E-state index contributed by atoms with van der Waals surface area (Å²) in [4.78, 5) is 11.0. The van der Waals surface area contributed by atoms with Crippen molar-refractivity contribution in [2.45, 2.75) is 46.6 Å². The summed E-state index contributed by atoms with van der Waals surface area (Å²) in [5, 5.41) is 6.48. The van der Waals surface area contributed by atoms with Crippen LogP contribution in [0.5, 0.6) is 0 Å². The fourth-order valence-corrected chi connectivity index (χ4v) is 2.50. The Morgan fingerprint density at radius 3 is 2.38 bits per heavy atom. The zero-order chi connectivity index (χ0) is 12.1. The summed E-state index contributed by atoms with van der Waals surface area (Å²) in [6.45, 7) is 11.1. The Morgan fingerprint density at radius 2 is 1.94 bits per heavy atom. The first-order valence-corrected chi connectivity index (χ1v) is 6.50. The molecule has 0 saturated carbocycles. The van der Waals surface area contributed by atoms with Crippen molar-refractivity contribution in [1.29, 1.82) is 0 Å². The molecule has 0 bridgehead atoms. The first-order chi connectivity index (χ1) is 7.50. The molecule has 2 N–H and O–H groups in total. The van der Waals surface area contributed by atoms with E-state index in [4.69, 9.17) is 0 Å². The summed E-state index contributed by atoms with van der Waals surface area (Å²) < 4.78 is 0. The second-order valence-electron chi connectivity index (χ2n) is 5.61. The van der Waals surface area contributed by atoms with Crippen molar-refractivity contribution in [3.05, 3.63) is 0 Å². The van der Waals surface area contributed by atoms with E-state index in [9.17, 15) is 4.79 Å². The van der Waals surface area contributed by atoms with E-state index in [-0.39, 0.29) is 5.91 Å². The van der Waals surface area contributed by atoms with E-state index in [1.165, 1.54) is 0 Å². The third kappa shape index (κ3) is 4.12. The molecule has 1 atom stereocenters. The molecule has 3 nitrogen and oxygen atoms in total. The van der Waals surface area contributed by atoms with Gasteiger partial charge in [-0.25, -0.2) is 0 Å². The lowest BCUT2D eigenvalue weighted by molar-refractivity contribution is -0.119. The summed E-state index contributed by atoms with van der Waals surface area (Å²) >= 11 is 0. The SMILES string of the molecule is CC(C)C(CNCC1CCC(=O)N1)C(C)C. The predicted octanol–water partition coefficient (Wildman–Crippen LogP) is 1.78. The van der Waals surface area contributed by atoms with E-state index in [0.717, 1.165) is 25.4 Å². The van der Waals surface area contributed by atoms with E-state index in [1.807, 2.05) is 0 Å². The molecule has 0 aromatic carbocycles. The molecule has 16 heavy (non-hydrogen) atoms. The third-order valence-electron chi connectivity index (χ3n) is 3.57. The minimum Gasteiger partial charge on any atom is -0.352 e. The van der Waals surface area contributed by atoms with E-state index in [2.05, 4.69) is 38.3 Å². The Morgan fingerprint density at radius 1 is 1.31 bits per heavy atom. The van der Waals surface area contributed by atoms with Crippen LogP contribution >= 0.6 is 0 Å². The maximum atomic E-state index is 11.0. The predicted molar refractivity (Wildman–Crippen MR) is 67.2 cm³/mol. The second kappa shape index (κ2) is 6.24. The molecule has 0 spiro atoms. The van der Waals surface area contributed by atoms with Gasteiger partial charge < -0.3 is 10.6 Å². The molecule has 1 unspecified atom stereocenters. The third-order valence-corrected chi connectivity index (χ3v) is 3.57. The van der Waals surface area contributed by atoms with Crippen LogP contribution in [-0.4, -0.2) is 25.0 Å². The van der Waals surface area contributed by atoms with Crippen LogP contribution in [-0.2, 0) is 4.79 Å². The van der Waals surface area contributed by atoms with Gasteiger partial charge in [-0.15, -0.1) is 0 Å². The van der Waals surface area contributed by atoms with Gasteiger partial charge >= 0.3 is 0 Å². The van der Waals surface area contributed by atoms with Crippen LogP contribution in [0.25, 0.3) is 0 Å². The highest BCUT2D eigenvalue weighted by Crippen LogP contribution is 2.19. The summed E-state index contributed by atoms with van der Waals surface area (Å²) in [7, 11) is 0. The largest absolute Gasteiger partial charge is 0.352 e. The second-order valence-corrected chi connectivity index (χ2v) is 5.61. The van der Waals surface area contributed by atoms with Crippen molar-refractivity contribution in [3.63, 3.8) is 0 Å². The van der Waals surface area contributed by atoms with Gasteiger partial charge in [0.2, 0.25) is 5.91 Å². The van der Waals surface area contributed by atoms with Gasteiger partial charge in [0, 0.05) is 19.0 Å². The highest BCUT2D eigenvalue weighted by atomic mass is 16.1. The molecule has 3 heteroatoms. The quantitative estimate of drug-likeness (QED) is 0.725. The van der Waals surface area contributed by atoms with Crippen LogP contribution in [0.1, 0.15) is 40.5 Å². The van der Waals surface area contributed by atoms with E-state index < -0.39 is 0 Å². The Kier molecular flexibility index (Phi) is 5.26. The number of carbonyl (C=O) groups excluding carboxylic acids is 1. The van der Waals surface area contributed by atoms with Crippen molar-refractivity contribution >= 4 is 5.91 Å². The van der Waals surface area contributed by atoms with E-state index in [0.29, 0.717) is 24.3 Å². The number of nitrogens with one attached hydrogen (secondary N) is 2. The van der Waals surface area contributed by atoms with Gasteiger partial charge in [-0.05, 0) is 30.7 Å². The van der Waals surface area contributed by atoms with Crippen LogP contribution in [0, 0.1) is 17.8 Å². The standard InChI is InChI=1S/C13H26N2O/c1-9(2)12(10(3)4)8-14-7-11-5-6-13(16)15-11/h9-12,14H,5-8H2,1-4H3,(H,15,16). The van der Waals surface area contributed by atoms with Crippen molar-refractivity contribution in [3.8, 4) is 0 Å². The summed E-state index contributed by atoms with van der Waals surface area (Å²) in [6.07, 6.45) is 1.68. The monoisotopic (exact) mass is 226 g/mol. The number of carbonyl (C=O) groups is 1. The van der Waals surface area contributed by atoms with Crippen LogP contribution in [0.3, 0.4) is 0 Å². The molecule has 1 heterocycles. The minimum atomic E-state index is 0.205. The smallest absolute Gasteiger partial charge is 0.220 e. The molecule has 94 valence electrons. The van der Waals surface area contributed by atoms with Crippen LogP contribution in [0.2, 0.25) is 0 Å². The van der Waals surface area contributed by atoms with Gasteiger partial charge in [-0.3, -0.25) is 4.79 Å². The molecule has 0 aromatic rings. The van der Waals surface area contributed by atoms with Crippen molar-refractivity contribution < 1.29 is 4.79 Å². The normalized spacial score (nSPS) is 21.2. The first kappa shape index (κ1) is 13.5. The minimum absolute atomic E-state index is 0.205. The molecule has 1 aliphatic rings. The van der Waals surface area contributed by atoms with Gasteiger partial charge in [-0.1, -0.05) is 27.7 Å². The Bertz CT molecular complexity index is 218. The lowest BCUT2D eigenvalue weighted by Gasteiger charge is -2.25. The van der Waals surface area contributed by atoms with Crippen LogP contribution in [0.4, 0.5) is 0 Å². The summed E-state index contributed by atoms with van der Waals surface area (Å²) in [5.41, 5.74) is 0. The maximum absolute atomic E-state index is 11.0. The zero-order valence-corrected chi connectivity index (χ0v) is 11.0. The molecular weight excluding hydrogens is 200 g/mol. The summed E-state index contributed by atoms with van der Waals surface area (Å²) in [5.74, 6) is 2.35. The van der Waals surface area contributed by atoms with E-state index in [1.54, 1.807) is 0 Å². The van der Waals surface area contributed by atoms with Gasteiger partial charge in [0.05, 0.1) is 0 Å². The van der Waals surface area contributed by atoms with Gasteiger partial charge in [0.15, 0.2) is 0 Å². The molecule has 1 aliphatic heterocycles. The first-order valence-electron chi connectivity index (χ1n) is 6.50. The van der Waals surface area contributed by atoms with Crippen molar-refractivity contribution in [2.24, 2.45) is 17.8 Å². The highest BCUT2D eigenvalue weighted by Gasteiger charge is 2.21. The average molecular weight is 226 g/mol. The lowest BCUT2D eigenvalue weighted by Crippen LogP contribution is -2.39. The maximum Gasteiger partial charge on any atom is 0.220 e. The number of hydrogen-bond acceptors (Lipinski definition) is 2. The topological polar surface area (TPSA) is 41.1 Å². The van der Waals surface area contributed by atoms with E-state index >= 15 is 0 Å². The van der Waals surface area contributed by atoms with Gasteiger partial charge in [-0.2, -0.15) is 0 Å². The molecule has 1 rings (SSSR count). The van der Waals surface area contributed by atoms with Crippen molar-refractivity contribution in [2.75, 3.05) is 13.1 Å². The fraction of sp³-hybridized carbons (Fsp3) is 0.923. The van der Waals surface area contributed by atoms with Gasteiger partial charge in [0.25, 0.3) is 0 Å². The molecule has 0 aromatic heterocycles. The highest BCUT2D eigenvalue weighted by molar-refractivity contribution is 5.78. The van der Waals surface area contributed by atoms with Crippen LogP contribution < -0.4 is 10.6 Å². The molecule has 1 saturated heterocycles. The lowest BCUT2D eigenvalue weighted by atomic mass is 9.85. The zero-order valence-electron chi connectivity index (χ0n) is 11.0. The molecule has 0 radical (unpaired) electrons. The Balaban J connectivity index is 2.20. The molecule has 1 amide bonds. The average Bonchev–Trinajstić information content (AvgIpc) is 2.57. The van der Waals surface area contributed by atoms with Crippen molar-refractivity contribution in [1.82, 2.24) is 10.6 Å². The Labute approximate surface area is 99.4 Å². The number of amides is 1. The molecule has 1 fully saturated rings. The Hall–Kier alpha value is -0.570.